The molecule has 1 aliphatic rings. The molecule has 1 aliphatic heterocycles. The zero-order chi connectivity index (χ0) is 14.1. The van der Waals surface area contributed by atoms with Gasteiger partial charge >= 0.3 is 5.97 Å². The number of fused-ring (bicyclic) bond motifs is 1. The van der Waals surface area contributed by atoms with E-state index in [2.05, 4.69) is 0 Å². The molecule has 0 N–H and O–H groups in total. The molecule has 0 amide bonds. The maximum Gasteiger partial charge on any atom is 0.339 e. The summed E-state index contributed by atoms with van der Waals surface area (Å²) in [5, 5.41) is 0.583. The van der Waals surface area contributed by atoms with Crippen LogP contribution in [0.4, 0.5) is 0 Å². The third kappa shape index (κ3) is 2.32. The van der Waals surface area contributed by atoms with Gasteiger partial charge in [-0.2, -0.15) is 0 Å². The predicted octanol–water partition coefficient (Wildman–Crippen LogP) is 3.82. The second-order valence-corrected chi connectivity index (χ2v) is 5.05. The number of Topliss-reactive ketones (excluding diaryl/α,β-unsaturated/α-hetero) is 1. The van der Waals surface area contributed by atoms with Crippen molar-refractivity contribution in [3.05, 3.63) is 70.2 Å². The molecule has 20 heavy (non-hydrogen) atoms. The van der Waals surface area contributed by atoms with E-state index in [0.717, 1.165) is 5.56 Å². The zero-order valence-electron chi connectivity index (χ0n) is 10.5. The summed E-state index contributed by atoms with van der Waals surface area (Å²) in [6, 6.07) is 13.8. The Labute approximate surface area is 121 Å². The van der Waals surface area contributed by atoms with Crippen molar-refractivity contribution in [2.24, 2.45) is 0 Å². The van der Waals surface area contributed by atoms with Gasteiger partial charge in [-0.1, -0.05) is 29.8 Å². The van der Waals surface area contributed by atoms with Crippen LogP contribution in [0.25, 0.3) is 0 Å². The smallest absolute Gasteiger partial charge is 0.339 e. The van der Waals surface area contributed by atoms with Crippen molar-refractivity contribution in [2.75, 3.05) is 0 Å². The summed E-state index contributed by atoms with van der Waals surface area (Å²) >= 11 is 5.79. The molecule has 4 heteroatoms. The number of rotatable bonds is 3. The number of hydrogen-bond donors (Lipinski definition) is 0. The minimum Gasteiger partial charge on any atom is -0.453 e. The molecular weight excluding hydrogens is 276 g/mol. The second-order valence-electron chi connectivity index (χ2n) is 4.62. The highest BCUT2D eigenvalue weighted by Crippen LogP contribution is 2.33. The summed E-state index contributed by atoms with van der Waals surface area (Å²) in [5.74, 6) is -0.439. The summed E-state index contributed by atoms with van der Waals surface area (Å²) < 4.78 is 5.26. The third-order valence-electron chi connectivity index (χ3n) is 3.31. The molecule has 0 radical (unpaired) electrons. The summed E-state index contributed by atoms with van der Waals surface area (Å²) in [7, 11) is 0. The van der Waals surface area contributed by atoms with Crippen molar-refractivity contribution in [1.82, 2.24) is 0 Å². The maximum atomic E-state index is 12.2. The van der Waals surface area contributed by atoms with Gasteiger partial charge in [0.15, 0.2) is 5.78 Å². The van der Waals surface area contributed by atoms with Gasteiger partial charge in [0.05, 0.1) is 12.0 Å². The van der Waals surface area contributed by atoms with E-state index < -0.39 is 6.10 Å². The van der Waals surface area contributed by atoms with Gasteiger partial charge in [0.25, 0.3) is 0 Å². The number of cyclic esters (lactones) is 1. The highest BCUT2D eigenvalue weighted by molar-refractivity contribution is 6.30. The molecule has 3 rings (SSSR count). The molecule has 0 saturated carbocycles. The van der Waals surface area contributed by atoms with E-state index in [1.807, 2.05) is 12.1 Å². The number of carbonyl (C=O) groups is 2. The minimum atomic E-state index is -0.498. The minimum absolute atomic E-state index is 0.0730. The van der Waals surface area contributed by atoms with Crippen LogP contribution >= 0.6 is 11.6 Å². The van der Waals surface area contributed by atoms with Gasteiger partial charge in [0.1, 0.15) is 6.10 Å². The maximum absolute atomic E-state index is 12.2. The average molecular weight is 287 g/mol. The van der Waals surface area contributed by atoms with Crippen LogP contribution in [0, 0.1) is 0 Å². The largest absolute Gasteiger partial charge is 0.453 e. The van der Waals surface area contributed by atoms with Gasteiger partial charge in [0.2, 0.25) is 0 Å². The molecule has 0 bridgehead atoms. The lowest BCUT2D eigenvalue weighted by molar-refractivity contribution is 0.0367. The summed E-state index contributed by atoms with van der Waals surface area (Å²) in [5.41, 5.74) is 1.89. The van der Waals surface area contributed by atoms with E-state index in [1.54, 1.807) is 36.4 Å². The monoisotopic (exact) mass is 286 g/mol. The first-order valence-corrected chi connectivity index (χ1v) is 6.61. The fourth-order valence-electron chi connectivity index (χ4n) is 2.29. The second kappa shape index (κ2) is 5.10. The Balaban J connectivity index is 1.81. The molecule has 3 nitrogen and oxygen atoms in total. The quantitative estimate of drug-likeness (QED) is 0.636. The van der Waals surface area contributed by atoms with Gasteiger partial charge in [-0.15, -0.1) is 0 Å². The molecule has 2 aromatic carbocycles. The first-order chi connectivity index (χ1) is 9.65. The van der Waals surface area contributed by atoms with Crippen LogP contribution < -0.4 is 0 Å². The standard InChI is InChI=1S/C16H11ClO3/c17-11-7-5-10(6-8-11)14(18)9-15-12-3-1-2-4-13(12)16(19)20-15/h1-8,15H,9H2/t15-/m1/s1. The summed E-state index contributed by atoms with van der Waals surface area (Å²) in [4.78, 5) is 23.9. The van der Waals surface area contributed by atoms with Crippen molar-refractivity contribution in [3.63, 3.8) is 0 Å². The number of hydrogen-bond acceptors (Lipinski definition) is 3. The zero-order valence-corrected chi connectivity index (χ0v) is 11.3. The van der Waals surface area contributed by atoms with Crippen molar-refractivity contribution in [1.29, 1.82) is 0 Å². The highest BCUT2D eigenvalue weighted by Gasteiger charge is 2.32. The van der Waals surface area contributed by atoms with E-state index in [0.29, 0.717) is 16.1 Å². The third-order valence-corrected chi connectivity index (χ3v) is 3.57. The number of esters is 1. The van der Waals surface area contributed by atoms with Crippen LogP contribution in [-0.2, 0) is 4.74 Å². The van der Waals surface area contributed by atoms with Crippen molar-refractivity contribution < 1.29 is 14.3 Å². The SMILES string of the molecule is O=C(C[C@H]1OC(=O)c2ccccc21)c1ccc(Cl)cc1. The number of carbonyl (C=O) groups excluding carboxylic acids is 2. The van der Waals surface area contributed by atoms with E-state index in [1.165, 1.54) is 0 Å². The molecule has 0 spiro atoms. The van der Waals surface area contributed by atoms with Crippen molar-refractivity contribution in [3.8, 4) is 0 Å². The molecule has 1 heterocycles. The lowest BCUT2D eigenvalue weighted by Gasteiger charge is -2.09. The molecule has 0 aromatic heterocycles. The van der Waals surface area contributed by atoms with Crippen LogP contribution in [0.5, 0.6) is 0 Å². The van der Waals surface area contributed by atoms with Crippen LogP contribution in [-0.4, -0.2) is 11.8 Å². The Morgan fingerprint density at radius 2 is 1.80 bits per heavy atom. The predicted molar refractivity (Wildman–Crippen MR) is 75.0 cm³/mol. The first-order valence-electron chi connectivity index (χ1n) is 6.24. The number of benzene rings is 2. The lowest BCUT2D eigenvalue weighted by atomic mass is 9.99. The topological polar surface area (TPSA) is 43.4 Å². The normalized spacial score (nSPS) is 16.6. The van der Waals surface area contributed by atoms with Crippen molar-refractivity contribution in [2.45, 2.75) is 12.5 Å². The Bertz CT molecular complexity index is 676. The number of ether oxygens (including phenoxy) is 1. The summed E-state index contributed by atoms with van der Waals surface area (Å²) in [6.07, 6.45) is -0.355. The van der Waals surface area contributed by atoms with Gasteiger partial charge < -0.3 is 4.74 Å². The molecule has 1 atom stereocenters. The first kappa shape index (κ1) is 12.9. The molecular formula is C16H11ClO3. The Morgan fingerprint density at radius 1 is 1.10 bits per heavy atom. The van der Waals surface area contributed by atoms with E-state index in [9.17, 15) is 9.59 Å². The van der Waals surface area contributed by atoms with E-state index >= 15 is 0 Å². The molecule has 0 fully saturated rings. The lowest BCUT2D eigenvalue weighted by Crippen LogP contribution is -2.07. The highest BCUT2D eigenvalue weighted by atomic mass is 35.5. The van der Waals surface area contributed by atoms with Crippen LogP contribution in [0.1, 0.15) is 38.8 Å². The van der Waals surface area contributed by atoms with Crippen molar-refractivity contribution >= 4 is 23.4 Å². The fraction of sp³-hybridized carbons (Fsp3) is 0.125. The molecule has 0 unspecified atom stereocenters. The van der Waals surface area contributed by atoms with Gasteiger partial charge in [-0.25, -0.2) is 4.79 Å². The van der Waals surface area contributed by atoms with Gasteiger partial charge in [-0.3, -0.25) is 4.79 Å². The Hall–Kier alpha value is -2.13. The van der Waals surface area contributed by atoms with Gasteiger partial charge in [0, 0.05) is 16.1 Å². The van der Waals surface area contributed by atoms with Crippen LogP contribution in [0.3, 0.4) is 0 Å². The van der Waals surface area contributed by atoms with Crippen LogP contribution in [0.2, 0.25) is 5.02 Å². The molecule has 0 aliphatic carbocycles. The van der Waals surface area contributed by atoms with E-state index in [4.69, 9.17) is 16.3 Å². The number of halogens is 1. The molecule has 2 aromatic rings. The summed E-state index contributed by atoms with van der Waals surface area (Å²) in [6.45, 7) is 0. The number of ketones is 1. The Morgan fingerprint density at radius 3 is 2.55 bits per heavy atom. The molecule has 100 valence electrons. The average Bonchev–Trinajstić information content (AvgIpc) is 2.77. The fourth-order valence-corrected chi connectivity index (χ4v) is 2.42. The van der Waals surface area contributed by atoms with Crippen LogP contribution in [0.15, 0.2) is 48.5 Å². The van der Waals surface area contributed by atoms with E-state index in [-0.39, 0.29) is 18.2 Å². The Kier molecular flexibility index (Phi) is 3.28. The van der Waals surface area contributed by atoms with Gasteiger partial charge in [-0.05, 0) is 30.3 Å². The molecule has 0 saturated heterocycles.